The van der Waals surface area contributed by atoms with Crippen molar-refractivity contribution < 1.29 is 4.79 Å². The number of carbonyl (C=O) groups excluding carboxylic acids is 1. The molecule has 0 radical (unpaired) electrons. The second-order valence-corrected chi connectivity index (χ2v) is 6.54. The molecule has 0 aliphatic heterocycles. The molecule has 3 aromatic carbocycles. The van der Waals surface area contributed by atoms with Crippen molar-refractivity contribution in [2.75, 3.05) is 0 Å². The van der Waals surface area contributed by atoms with E-state index in [2.05, 4.69) is 29.4 Å². The maximum Gasteiger partial charge on any atom is 0.184 e. The Kier molecular flexibility index (Phi) is 4.09. The Morgan fingerprint density at radius 1 is 0.885 bits per heavy atom. The monoisotopic (exact) mass is 341 g/mol. The van der Waals surface area contributed by atoms with Gasteiger partial charge in [0.15, 0.2) is 5.78 Å². The lowest BCUT2D eigenvalue weighted by atomic mass is 10.0. The predicted molar refractivity (Wildman–Crippen MR) is 103 cm³/mol. The molecular formula is C22H19N3O. The van der Waals surface area contributed by atoms with Crippen LogP contribution in [0.3, 0.4) is 0 Å². The Morgan fingerprint density at radius 2 is 1.54 bits per heavy atom. The maximum absolute atomic E-state index is 12.7. The first-order valence-electron chi connectivity index (χ1n) is 8.61. The quantitative estimate of drug-likeness (QED) is 0.510. The molecule has 1 aromatic heterocycles. The van der Waals surface area contributed by atoms with Gasteiger partial charge in [-0.25, -0.2) is 4.68 Å². The van der Waals surface area contributed by atoms with Crippen LogP contribution in [0.1, 0.15) is 21.5 Å². The van der Waals surface area contributed by atoms with Gasteiger partial charge in [0.25, 0.3) is 0 Å². The summed E-state index contributed by atoms with van der Waals surface area (Å²) in [7, 11) is 0. The van der Waals surface area contributed by atoms with Gasteiger partial charge in [0, 0.05) is 5.56 Å². The summed E-state index contributed by atoms with van der Waals surface area (Å²) in [5, 5.41) is 8.34. The number of hydrogen-bond acceptors (Lipinski definition) is 3. The number of carbonyl (C=O) groups is 1. The van der Waals surface area contributed by atoms with Crippen LogP contribution in [0.15, 0.2) is 66.7 Å². The summed E-state index contributed by atoms with van der Waals surface area (Å²) in [4.78, 5) is 12.7. The molecule has 1 heterocycles. The average molecular weight is 341 g/mol. The molecule has 0 spiro atoms. The number of fused-ring (bicyclic) bond motifs is 1. The van der Waals surface area contributed by atoms with Crippen molar-refractivity contribution in [3.8, 4) is 11.1 Å². The van der Waals surface area contributed by atoms with Gasteiger partial charge in [-0.15, -0.1) is 5.10 Å². The van der Waals surface area contributed by atoms with E-state index in [9.17, 15) is 4.79 Å². The van der Waals surface area contributed by atoms with E-state index < -0.39 is 0 Å². The van der Waals surface area contributed by atoms with E-state index in [4.69, 9.17) is 0 Å². The number of aromatic nitrogens is 3. The molecule has 0 N–H and O–H groups in total. The lowest BCUT2D eigenvalue weighted by molar-refractivity contribution is 0.0968. The zero-order valence-electron chi connectivity index (χ0n) is 14.8. The smallest absolute Gasteiger partial charge is 0.184 e. The van der Waals surface area contributed by atoms with Crippen molar-refractivity contribution in [1.29, 1.82) is 0 Å². The first kappa shape index (κ1) is 16.2. The van der Waals surface area contributed by atoms with Gasteiger partial charge in [-0.05, 0) is 48.2 Å². The Hall–Kier alpha value is -3.27. The summed E-state index contributed by atoms with van der Waals surface area (Å²) < 4.78 is 1.68. The molecule has 26 heavy (non-hydrogen) atoms. The van der Waals surface area contributed by atoms with Crippen molar-refractivity contribution in [2.45, 2.75) is 20.4 Å². The molecule has 0 amide bonds. The Morgan fingerprint density at radius 3 is 2.27 bits per heavy atom. The lowest BCUT2D eigenvalue weighted by Gasteiger charge is -2.06. The molecule has 4 aromatic rings. The van der Waals surface area contributed by atoms with Crippen molar-refractivity contribution in [1.82, 2.24) is 15.0 Å². The number of Topliss-reactive ketones (excluding diaryl/α,β-unsaturated/α-hetero) is 1. The van der Waals surface area contributed by atoms with Gasteiger partial charge >= 0.3 is 0 Å². The van der Waals surface area contributed by atoms with E-state index in [0.29, 0.717) is 5.56 Å². The number of ketones is 1. The second-order valence-electron chi connectivity index (χ2n) is 6.54. The molecule has 4 rings (SSSR count). The highest BCUT2D eigenvalue weighted by molar-refractivity contribution is 5.97. The third-order valence-corrected chi connectivity index (χ3v) is 4.74. The Labute approximate surface area is 152 Å². The number of hydrogen-bond donors (Lipinski definition) is 0. The van der Waals surface area contributed by atoms with Gasteiger partial charge in [0.1, 0.15) is 12.1 Å². The molecule has 4 heteroatoms. The topological polar surface area (TPSA) is 47.8 Å². The van der Waals surface area contributed by atoms with Crippen LogP contribution in [-0.2, 0) is 6.54 Å². The summed E-state index contributed by atoms with van der Waals surface area (Å²) in [5.41, 5.74) is 6.96. The SMILES string of the molecule is Cc1cc2nnn(CC(=O)c3ccc(-c4ccccc4)cc3)c2cc1C. The summed E-state index contributed by atoms with van der Waals surface area (Å²) in [6, 6.07) is 21.9. The van der Waals surface area contributed by atoms with Gasteiger partial charge in [0.05, 0.1) is 5.52 Å². The minimum atomic E-state index is 0.0228. The highest BCUT2D eigenvalue weighted by Gasteiger charge is 2.12. The highest BCUT2D eigenvalue weighted by Crippen LogP contribution is 2.20. The van der Waals surface area contributed by atoms with E-state index in [0.717, 1.165) is 22.2 Å². The second kappa shape index (κ2) is 6.56. The summed E-state index contributed by atoms with van der Waals surface area (Å²) in [5.74, 6) is 0.0228. The zero-order chi connectivity index (χ0) is 18.1. The summed E-state index contributed by atoms with van der Waals surface area (Å²) in [6.45, 7) is 4.28. The third-order valence-electron chi connectivity index (χ3n) is 4.74. The minimum Gasteiger partial charge on any atom is -0.292 e. The van der Waals surface area contributed by atoms with Crippen molar-refractivity contribution in [3.63, 3.8) is 0 Å². The molecule has 0 unspecified atom stereocenters. The van der Waals surface area contributed by atoms with Crippen LogP contribution >= 0.6 is 0 Å². The van der Waals surface area contributed by atoms with Gasteiger partial charge in [-0.3, -0.25) is 4.79 Å². The lowest BCUT2D eigenvalue weighted by Crippen LogP contribution is -2.11. The molecule has 0 bridgehead atoms. The van der Waals surface area contributed by atoms with Crippen LogP contribution in [0.25, 0.3) is 22.2 Å². The van der Waals surface area contributed by atoms with E-state index >= 15 is 0 Å². The van der Waals surface area contributed by atoms with E-state index in [1.54, 1.807) is 4.68 Å². The van der Waals surface area contributed by atoms with Crippen LogP contribution in [0, 0.1) is 13.8 Å². The zero-order valence-corrected chi connectivity index (χ0v) is 14.8. The molecule has 0 saturated heterocycles. The van der Waals surface area contributed by atoms with Crippen LogP contribution in [0.4, 0.5) is 0 Å². The number of benzene rings is 3. The fourth-order valence-electron chi connectivity index (χ4n) is 3.05. The number of nitrogens with zero attached hydrogens (tertiary/aromatic N) is 3. The van der Waals surface area contributed by atoms with Crippen molar-refractivity contribution >= 4 is 16.8 Å². The fourth-order valence-corrected chi connectivity index (χ4v) is 3.05. The molecule has 0 aliphatic rings. The number of rotatable bonds is 4. The summed E-state index contributed by atoms with van der Waals surface area (Å²) in [6.07, 6.45) is 0. The van der Waals surface area contributed by atoms with Crippen LogP contribution < -0.4 is 0 Å². The standard InChI is InChI=1S/C22H19N3O/c1-15-12-20-21(13-16(15)2)25(24-23-20)14-22(26)19-10-8-18(9-11-19)17-6-4-3-5-7-17/h3-13H,14H2,1-2H3. The van der Waals surface area contributed by atoms with E-state index in [-0.39, 0.29) is 12.3 Å². The minimum absolute atomic E-state index is 0.0228. The van der Waals surface area contributed by atoms with E-state index in [1.807, 2.05) is 61.5 Å². The molecule has 4 nitrogen and oxygen atoms in total. The van der Waals surface area contributed by atoms with Crippen LogP contribution in [-0.4, -0.2) is 20.8 Å². The Bertz CT molecular complexity index is 1080. The maximum atomic E-state index is 12.7. The van der Waals surface area contributed by atoms with Crippen LogP contribution in [0.5, 0.6) is 0 Å². The molecule has 0 atom stereocenters. The molecule has 0 saturated carbocycles. The molecule has 128 valence electrons. The first-order valence-corrected chi connectivity index (χ1v) is 8.61. The third kappa shape index (κ3) is 3.02. The van der Waals surface area contributed by atoms with Gasteiger partial charge in [0.2, 0.25) is 0 Å². The Balaban J connectivity index is 1.58. The fraction of sp³-hybridized carbons (Fsp3) is 0.136. The largest absolute Gasteiger partial charge is 0.292 e. The van der Waals surface area contributed by atoms with Crippen LogP contribution in [0.2, 0.25) is 0 Å². The summed E-state index contributed by atoms with van der Waals surface area (Å²) >= 11 is 0. The number of aryl methyl sites for hydroxylation is 2. The highest BCUT2D eigenvalue weighted by atomic mass is 16.1. The molecular weight excluding hydrogens is 322 g/mol. The van der Waals surface area contributed by atoms with Crippen molar-refractivity contribution in [2.24, 2.45) is 0 Å². The average Bonchev–Trinajstić information content (AvgIpc) is 3.04. The van der Waals surface area contributed by atoms with Gasteiger partial charge in [-0.2, -0.15) is 0 Å². The van der Waals surface area contributed by atoms with Gasteiger partial charge < -0.3 is 0 Å². The molecule has 0 fully saturated rings. The first-order chi connectivity index (χ1) is 12.6. The predicted octanol–water partition coefficient (Wildman–Crippen LogP) is 4.60. The van der Waals surface area contributed by atoms with Gasteiger partial charge in [-0.1, -0.05) is 59.8 Å². The van der Waals surface area contributed by atoms with Crippen molar-refractivity contribution in [3.05, 3.63) is 83.4 Å². The molecule has 0 aliphatic carbocycles. The van der Waals surface area contributed by atoms with E-state index in [1.165, 1.54) is 11.1 Å². The normalized spacial score (nSPS) is 11.0.